The predicted octanol–water partition coefficient (Wildman–Crippen LogP) is 1.77. The van der Waals surface area contributed by atoms with Crippen LogP contribution in [0.4, 0.5) is 5.69 Å². The van der Waals surface area contributed by atoms with Gasteiger partial charge in [0.1, 0.15) is 18.4 Å². The van der Waals surface area contributed by atoms with E-state index in [0.717, 1.165) is 34.7 Å². The van der Waals surface area contributed by atoms with Gasteiger partial charge in [0.25, 0.3) is 0 Å². The van der Waals surface area contributed by atoms with Crippen LogP contribution in [0.2, 0.25) is 0 Å². The molecule has 1 aliphatic rings. The number of anilines is 1. The molecule has 0 spiro atoms. The summed E-state index contributed by atoms with van der Waals surface area (Å²) in [6.07, 6.45) is 0. The Labute approximate surface area is 134 Å². The van der Waals surface area contributed by atoms with Crippen molar-refractivity contribution in [3.8, 4) is 22.9 Å². The first kappa shape index (κ1) is 14.8. The fourth-order valence-electron chi connectivity index (χ4n) is 2.47. The van der Waals surface area contributed by atoms with Crippen LogP contribution in [0.5, 0.6) is 5.75 Å². The van der Waals surface area contributed by atoms with Crippen molar-refractivity contribution >= 4 is 11.4 Å². The summed E-state index contributed by atoms with van der Waals surface area (Å²) in [5.41, 5.74) is 12.5. The number of hydrogen-bond donors (Lipinski definition) is 4. The molecule has 0 aromatic heterocycles. The zero-order valence-corrected chi connectivity index (χ0v) is 12.5. The van der Waals surface area contributed by atoms with Gasteiger partial charge < -0.3 is 21.2 Å². The van der Waals surface area contributed by atoms with Crippen molar-refractivity contribution in [2.24, 2.45) is 11.6 Å². The standard InChI is InChI=1S/C17H17N5O/c18-10-15(22-20)17(19)12-3-1-11(2-4-12)13-5-6-14-16(9-13)23-8-7-21-14/h1-6,9,21-22H,7-8,19-20H2/b17-15-. The maximum Gasteiger partial charge on any atom is 0.151 e. The van der Waals surface area contributed by atoms with Crippen LogP contribution in [-0.2, 0) is 0 Å². The molecule has 2 aromatic rings. The van der Waals surface area contributed by atoms with Gasteiger partial charge in [0.05, 0.1) is 11.4 Å². The summed E-state index contributed by atoms with van der Waals surface area (Å²) >= 11 is 0. The van der Waals surface area contributed by atoms with Crippen molar-refractivity contribution in [2.45, 2.75) is 0 Å². The maximum atomic E-state index is 8.95. The average Bonchev–Trinajstić information content (AvgIpc) is 2.62. The van der Waals surface area contributed by atoms with Gasteiger partial charge in [-0.25, -0.2) is 5.84 Å². The van der Waals surface area contributed by atoms with E-state index in [1.165, 1.54) is 0 Å². The Morgan fingerprint density at radius 1 is 1.17 bits per heavy atom. The minimum atomic E-state index is 0.144. The lowest BCUT2D eigenvalue weighted by Crippen LogP contribution is -2.23. The SMILES string of the molecule is N#C/C(NN)=C(/N)c1ccc(-c2ccc3c(c2)OCCN3)cc1. The highest BCUT2D eigenvalue weighted by Gasteiger charge is 2.11. The minimum absolute atomic E-state index is 0.144. The second-order valence-corrected chi connectivity index (χ2v) is 5.11. The lowest BCUT2D eigenvalue weighted by atomic mass is 10.0. The molecule has 0 unspecified atom stereocenters. The van der Waals surface area contributed by atoms with Crippen molar-refractivity contribution in [1.29, 1.82) is 5.26 Å². The molecule has 0 radical (unpaired) electrons. The van der Waals surface area contributed by atoms with Gasteiger partial charge in [-0.2, -0.15) is 5.26 Å². The van der Waals surface area contributed by atoms with E-state index in [-0.39, 0.29) is 5.70 Å². The molecule has 6 heteroatoms. The van der Waals surface area contributed by atoms with Crippen LogP contribution in [0.3, 0.4) is 0 Å². The van der Waals surface area contributed by atoms with Gasteiger partial charge in [0.15, 0.2) is 5.70 Å². The molecular weight excluding hydrogens is 290 g/mol. The molecule has 116 valence electrons. The first-order valence-electron chi connectivity index (χ1n) is 7.21. The Balaban J connectivity index is 1.91. The van der Waals surface area contributed by atoms with Gasteiger partial charge in [-0.05, 0) is 23.3 Å². The summed E-state index contributed by atoms with van der Waals surface area (Å²) in [5, 5.41) is 12.2. The molecule has 1 heterocycles. The zero-order chi connectivity index (χ0) is 16.2. The summed E-state index contributed by atoms with van der Waals surface area (Å²) < 4.78 is 5.66. The number of allylic oxidation sites excluding steroid dienone is 1. The number of nitrogens with one attached hydrogen (secondary N) is 2. The first-order chi connectivity index (χ1) is 11.2. The van der Waals surface area contributed by atoms with Crippen LogP contribution in [0.25, 0.3) is 16.8 Å². The fraction of sp³-hybridized carbons (Fsp3) is 0.118. The molecule has 0 saturated carbocycles. The molecule has 23 heavy (non-hydrogen) atoms. The quantitative estimate of drug-likeness (QED) is 0.391. The maximum absolute atomic E-state index is 8.95. The summed E-state index contributed by atoms with van der Waals surface area (Å²) in [6, 6.07) is 15.6. The van der Waals surface area contributed by atoms with Crippen molar-refractivity contribution in [2.75, 3.05) is 18.5 Å². The summed E-state index contributed by atoms with van der Waals surface area (Å²) in [6.45, 7) is 1.49. The van der Waals surface area contributed by atoms with E-state index in [1.54, 1.807) is 0 Å². The van der Waals surface area contributed by atoms with Crippen LogP contribution < -0.4 is 27.1 Å². The molecule has 3 rings (SSSR count). The van der Waals surface area contributed by atoms with E-state index < -0.39 is 0 Å². The second kappa shape index (κ2) is 6.30. The highest BCUT2D eigenvalue weighted by molar-refractivity contribution is 5.74. The molecule has 0 aliphatic carbocycles. The highest BCUT2D eigenvalue weighted by atomic mass is 16.5. The summed E-state index contributed by atoms with van der Waals surface area (Å²) in [4.78, 5) is 0. The molecule has 0 fully saturated rings. The summed E-state index contributed by atoms with van der Waals surface area (Å²) in [7, 11) is 0. The van der Waals surface area contributed by atoms with E-state index >= 15 is 0 Å². The summed E-state index contributed by atoms with van der Waals surface area (Å²) in [5.74, 6) is 6.13. The van der Waals surface area contributed by atoms with Crippen molar-refractivity contribution in [3.05, 3.63) is 53.7 Å². The number of ether oxygens (including phenoxy) is 1. The Kier molecular flexibility index (Phi) is 4.04. The van der Waals surface area contributed by atoms with E-state index in [1.807, 2.05) is 48.5 Å². The van der Waals surface area contributed by atoms with Crippen LogP contribution in [-0.4, -0.2) is 13.2 Å². The molecule has 0 amide bonds. The Hall–Kier alpha value is -3.17. The fourth-order valence-corrected chi connectivity index (χ4v) is 2.47. The third-order valence-electron chi connectivity index (χ3n) is 3.71. The third-order valence-corrected chi connectivity index (χ3v) is 3.71. The normalized spacial score (nSPS) is 13.7. The van der Waals surface area contributed by atoms with E-state index in [9.17, 15) is 0 Å². The van der Waals surface area contributed by atoms with E-state index in [4.69, 9.17) is 21.6 Å². The van der Waals surface area contributed by atoms with Gasteiger partial charge in [-0.15, -0.1) is 0 Å². The first-order valence-corrected chi connectivity index (χ1v) is 7.21. The molecule has 0 saturated heterocycles. The number of benzene rings is 2. The molecule has 0 bridgehead atoms. The number of fused-ring (bicyclic) bond motifs is 1. The largest absolute Gasteiger partial charge is 0.490 e. The lowest BCUT2D eigenvalue weighted by Gasteiger charge is -2.19. The van der Waals surface area contributed by atoms with Gasteiger partial charge >= 0.3 is 0 Å². The Morgan fingerprint density at radius 2 is 1.91 bits per heavy atom. The van der Waals surface area contributed by atoms with Gasteiger partial charge in [0, 0.05) is 12.1 Å². The Morgan fingerprint density at radius 3 is 2.61 bits per heavy atom. The van der Waals surface area contributed by atoms with Gasteiger partial charge in [0.2, 0.25) is 0 Å². The van der Waals surface area contributed by atoms with Crippen LogP contribution in [0.1, 0.15) is 5.56 Å². The molecule has 2 aromatic carbocycles. The molecule has 1 aliphatic heterocycles. The Bertz CT molecular complexity index is 790. The van der Waals surface area contributed by atoms with Crippen molar-refractivity contribution in [3.63, 3.8) is 0 Å². The lowest BCUT2D eigenvalue weighted by molar-refractivity contribution is 0.323. The molecule has 0 atom stereocenters. The van der Waals surface area contributed by atoms with Gasteiger partial charge in [-0.1, -0.05) is 30.3 Å². The predicted molar refractivity (Wildman–Crippen MR) is 89.9 cm³/mol. The number of rotatable bonds is 3. The monoisotopic (exact) mass is 307 g/mol. The number of hydrogen-bond acceptors (Lipinski definition) is 6. The van der Waals surface area contributed by atoms with Crippen LogP contribution >= 0.6 is 0 Å². The van der Waals surface area contributed by atoms with Crippen LogP contribution in [0, 0.1) is 11.3 Å². The minimum Gasteiger partial charge on any atom is -0.490 e. The zero-order valence-electron chi connectivity index (χ0n) is 12.5. The van der Waals surface area contributed by atoms with E-state index in [0.29, 0.717) is 12.3 Å². The van der Waals surface area contributed by atoms with Crippen molar-refractivity contribution < 1.29 is 4.74 Å². The second-order valence-electron chi connectivity index (χ2n) is 5.11. The number of hydrazine groups is 1. The molecule has 6 N–H and O–H groups in total. The third kappa shape index (κ3) is 2.91. The molecule has 6 nitrogen and oxygen atoms in total. The average molecular weight is 307 g/mol. The highest BCUT2D eigenvalue weighted by Crippen LogP contribution is 2.32. The number of nitriles is 1. The number of nitrogens with zero attached hydrogens (tertiary/aromatic N) is 1. The van der Waals surface area contributed by atoms with Crippen LogP contribution in [0.15, 0.2) is 48.2 Å². The van der Waals surface area contributed by atoms with E-state index in [2.05, 4.69) is 10.7 Å². The topological polar surface area (TPSA) is 109 Å². The number of nitrogens with two attached hydrogens (primary N) is 2. The van der Waals surface area contributed by atoms with Crippen molar-refractivity contribution in [1.82, 2.24) is 5.43 Å². The molecular formula is C17H17N5O. The smallest absolute Gasteiger partial charge is 0.151 e. The van der Waals surface area contributed by atoms with Gasteiger partial charge in [-0.3, -0.25) is 0 Å².